The zero-order valence-corrected chi connectivity index (χ0v) is 11.6. The number of nitrogens with zero attached hydrogens (tertiary/aromatic N) is 1. The predicted molar refractivity (Wildman–Crippen MR) is 76.3 cm³/mol. The summed E-state index contributed by atoms with van der Waals surface area (Å²) >= 11 is 5.98. The van der Waals surface area contributed by atoms with Crippen molar-refractivity contribution in [2.24, 2.45) is 23.7 Å². The number of hydrogen-bond donors (Lipinski definition) is 0. The van der Waals surface area contributed by atoms with E-state index in [0.717, 1.165) is 12.8 Å². The summed E-state index contributed by atoms with van der Waals surface area (Å²) in [4.78, 5) is 26.7. The first kappa shape index (κ1) is 12.2. The van der Waals surface area contributed by atoms with Gasteiger partial charge in [-0.05, 0) is 42.9 Å². The fourth-order valence-corrected chi connectivity index (χ4v) is 4.13. The Morgan fingerprint density at radius 3 is 2.10 bits per heavy atom. The Bertz CT molecular complexity index is 607. The van der Waals surface area contributed by atoms with Gasteiger partial charge in [0.2, 0.25) is 11.8 Å². The average molecular weight is 288 g/mol. The fraction of sp³-hybridized carbons (Fsp3) is 0.375. The summed E-state index contributed by atoms with van der Waals surface area (Å²) in [6.07, 6.45) is 6.29. The molecule has 1 heterocycles. The van der Waals surface area contributed by atoms with Gasteiger partial charge in [-0.1, -0.05) is 29.8 Å². The maximum atomic E-state index is 12.7. The van der Waals surface area contributed by atoms with E-state index < -0.39 is 0 Å². The van der Waals surface area contributed by atoms with Gasteiger partial charge in [-0.15, -0.1) is 0 Å². The Morgan fingerprint density at radius 1 is 1.00 bits per heavy atom. The van der Waals surface area contributed by atoms with Crippen LogP contribution in [0.5, 0.6) is 0 Å². The van der Waals surface area contributed by atoms with Crippen LogP contribution < -0.4 is 4.90 Å². The topological polar surface area (TPSA) is 37.4 Å². The van der Waals surface area contributed by atoms with Crippen LogP contribution in [-0.4, -0.2) is 11.8 Å². The van der Waals surface area contributed by atoms with Gasteiger partial charge in [0.1, 0.15) is 0 Å². The fourth-order valence-electron chi connectivity index (χ4n) is 3.94. The molecule has 2 fully saturated rings. The van der Waals surface area contributed by atoms with Gasteiger partial charge in [0.05, 0.1) is 17.5 Å². The van der Waals surface area contributed by atoms with E-state index in [2.05, 4.69) is 12.2 Å². The Hall–Kier alpha value is -1.61. The maximum Gasteiger partial charge on any atom is 0.238 e. The van der Waals surface area contributed by atoms with Gasteiger partial charge in [0.25, 0.3) is 0 Å². The molecule has 4 atom stereocenters. The van der Waals surface area contributed by atoms with Crippen LogP contribution in [0.4, 0.5) is 5.69 Å². The number of allylic oxidation sites excluding steroid dienone is 2. The van der Waals surface area contributed by atoms with E-state index >= 15 is 0 Å². The second-order valence-corrected chi connectivity index (χ2v) is 6.27. The smallest absolute Gasteiger partial charge is 0.238 e. The van der Waals surface area contributed by atoms with E-state index in [4.69, 9.17) is 11.6 Å². The van der Waals surface area contributed by atoms with Crippen molar-refractivity contribution in [2.45, 2.75) is 12.8 Å². The lowest BCUT2D eigenvalue weighted by molar-refractivity contribution is -0.124. The molecule has 0 aromatic heterocycles. The van der Waals surface area contributed by atoms with Gasteiger partial charge in [-0.3, -0.25) is 9.59 Å². The number of carbonyl (C=O) groups is 2. The van der Waals surface area contributed by atoms with E-state index in [1.54, 1.807) is 24.3 Å². The van der Waals surface area contributed by atoms with Crippen LogP contribution in [0.2, 0.25) is 5.02 Å². The molecular weight excluding hydrogens is 274 g/mol. The van der Waals surface area contributed by atoms with E-state index in [1.807, 2.05) is 0 Å². The van der Waals surface area contributed by atoms with Crippen molar-refractivity contribution in [3.8, 4) is 0 Å². The number of imide groups is 1. The lowest BCUT2D eigenvalue weighted by Crippen LogP contribution is -2.38. The van der Waals surface area contributed by atoms with Crippen molar-refractivity contribution < 1.29 is 9.59 Å². The molecule has 20 heavy (non-hydrogen) atoms. The van der Waals surface area contributed by atoms with Crippen LogP contribution in [0.25, 0.3) is 0 Å². The number of benzene rings is 1. The first-order valence-corrected chi connectivity index (χ1v) is 7.36. The van der Waals surface area contributed by atoms with Crippen molar-refractivity contribution in [1.29, 1.82) is 0 Å². The highest BCUT2D eigenvalue weighted by Crippen LogP contribution is 2.50. The third-order valence-electron chi connectivity index (χ3n) is 4.83. The van der Waals surface area contributed by atoms with E-state index in [9.17, 15) is 9.59 Å². The molecule has 3 aliphatic carbocycles. The second-order valence-electron chi connectivity index (χ2n) is 5.83. The van der Waals surface area contributed by atoms with Crippen molar-refractivity contribution in [1.82, 2.24) is 0 Å². The van der Waals surface area contributed by atoms with Crippen LogP contribution in [0, 0.1) is 23.7 Å². The molecule has 0 radical (unpaired) electrons. The quantitative estimate of drug-likeness (QED) is 0.588. The van der Waals surface area contributed by atoms with E-state index in [0.29, 0.717) is 10.7 Å². The summed E-state index contributed by atoms with van der Waals surface area (Å²) in [6.45, 7) is 0. The number of anilines is 1. The van der Waals surface area contributed by atoms with Crippen LogP contribution in [0.1, 0.15) is 12.8 Å². The first-order chi connectivity index (χ1) is 9.66. The molecule has 1 saturated carbocycles. The minimum Gasteiger partial charge on any atom is -0.274 e. The van der Waals surface area contributed by atoms with Crippen LogP contribution >= 0.6 is 11.6 Å². The van der Waals surface area contributed by atoms with Crippen LogP contribution in [-0.2, 0) is 9.59 Å². The summed E-state index contributed by atoms with van der Waals surface area (Å²) in [7, 11) is 0. The van der Waals surface area contributed by atoms with E-state index in [-0.39, 0.29) is 35.5 Å². The average Bonchev–Trinajstić information content (AvgIpc) is 2.74. The molecule has 1 aliphatic heterocycles. The lowest BCUT2D eigenvalue weighted by Gasteiger charge is -2.38. The standard InChI is InChI=1S/C16H14ClNO2/c17-11-2-1-3-12(8-11)18-15(19)13-9-4-5-10(7-6-9)14(13)16(18)20/h1-5,8-10,13-14H,6-7H2/t9-,10-,13-,14+/m0/s1. The number of hydrogen-bond acceptors (Lipinski definition) is 2. The van der Waals surface area contributed by atoms with Crippen molar-refractivity contribution in [3.63, 3.8) is 0 Å². The molecule has 1 aromatic carbocycles. The minimum absolute atomic E-state index is 0.0543. The van der Waals surface area contributed by atoms with Gasteiger partial charge in [0, 0.05) is 5.02 Å². The summed E-state index contributed by atoms with van der Waals surface area (Å²) < 4.78 is 0. The third kappa shape index (κ3) is 1.53. The number of amides is 2. The van der Waals surface area contributed by atoms with Gasteiger partial charge >= 0.3 is 0 Å². The number of fused-ring (bicyclic) bond motifs is 1. The highest BCUT2D eigenvalue weighted by atomic mass is 35.5. The summed E-state index contributed by atoms with van der Waals surface area (Å²) in [5, 5.41) is 0.541. The molecule has 0 N–H and O–H groups in total. The summed E-state index contributed by atoms with van der Waals surface area (Å²) in [6, 6.07) is 6.97. The number of carbonyl (C=O) groups excluding carboxylic acids is 2. The molecule has 0 spiro atoms. The molecule has 1 aromatic rings. The maximum absolute atomic E-state index is 12.7. The molecule has 2 bridgehead atoms. The number of halogens is 1. The minimum atomic E-state index is -0.162. The monoisotopic (exact) mass is 287 g/mol. The molecule has 5 rings (SSSR count). The first-order valence-electron chi connectivity index (χ1n) is 6.98. The Balaban J connectivity index is 1.77. The second kappa shape index (κ2) is 4.19. The van der Waals surface area contributed by atoms with Crippen LogP contribution in [0.15, 0.2) is 36.4 Å². The van der Waals surface area contributed by atoms with Gasteiger partial charge in [-0.25, -0.2) is 4.90 Å². The molecule has 4 heteroatoms. The third-order valence-corrected chi connectivity index (χ3v) is 5.06. The largest absolute Gasteiger partial charge is 0.274 e. The van der Waals surface area contributed by atoms with Crippen LogP contribution in [0.3, 0.4) is 0 Å². The molecule has 3 nitrogen and oxygen atoms in total. The Kier molecular flexibility index (Phi) is 2.55. The van der Waals surface area contributed by atoms with Gasteiger partial charge in [-0.2, -0.15) is 0 Å². The van der Waals surface area contributed by atoms with Crippen molar-refractivity contribution >= 4 is 29.1 Å². The summed E-state index contributed by atoms with van der Waals surface area (Å²) in [5.41, 5.74) is 0.598. The van der Waals surface area contributed by atoms with Gasteiger partial charge in [0.15, 0.2) is 0 Å². The highest BCUT2D eigenvalue weighted by molar-refractivity contribution is 6.31. The summed E-state index contributed by atoms with van der Waals surface area (Å²) in [5.74, 6) is 0.0226. The lowest BCUT2D eigenvalue weighted by atomic mass is 9.63. The SMILES string of the molecule is O=C1[C@@H]2[C@H](C(=O)N1c1cccc(Cl)c1)[C@H]1C=C[C@H]2CC1. The van der Waals surface area contributed by atoms with Crippen molar-refractivity contribution in [2.75, 3.05) is 4.90 Å². The molecule has 2 amide bonds. The van der Waals surface area contributed by atoms with Gasteiger partial charge < -0.3 is 0 Å². The molecular formula is C16H14ClNO2. The molecule has 102 valence electrons. The molecule has 0 unspecified atom stereocenters. The zero-order chi connectivity index (χ0) is 13.9. The van der Waals surface area contributed by atoms with Crippen molar-refractivity contribution in [3.05, 3.63) is 41.4 Å². The molecule has 1 saturated heterocycles. The normalized spacial score (nSPS) is 34.8. The Morgan fingerprint density at radius 2 is 1.60 bits per heavy atom. The number of rotatable bonds is 1. The van der Waals surface area contributed by atoms with E-state index in [1.165, 1.54) is 4.90 Å². The Labute approximate surface area is 122 Å². The zero-order valence-electron chi connectivity index (χ0n) is 10.8. The highest BCUT2D eigenvalue weighted by Gasteiger charge is 2.56. The molecule has 4 aliphatic rings. The predicted octanol–water partition coefficient (Wildman–Crippen LogP) is 3.04.